The molecule has 0 aliphatic carbocycles. The van der Waals surface area contributed by atoms with E-state index < -0.39 is 15.7 Å². The number of benzene rings is 1. The lowest BCUT2D eigenvalue weighted by atomic mass is 10.1. The van der Waals surface area contributed by atoms with Gasteiger partial charge in [-0.2, -0.15) is 0 Å². The summed E-state index contributed by atoms with van der Waals surface area (Å²) < 4.78 is 37.3. The van der Waals surface area contributed by atoms with Crippen LogP contribution in [0.15, 0.2) is 34.2 Å². The van der Waals surface area contributed by atoms with Crippen molar-refractivity contribution in [3.63, 3.8) is 0 Å². The van der Waals surface area contributed by atoms with Gasteiger partial charge in [0.15, 0.2) is 15.8 Å². The zero-order chi connectivity index (χ0) is 15.4. The molecule has 3 N–H and O–H groups in total. The molecule has 0 saturated carbocycles. The van der Waals surface area contributed by atoms with Gasteiger partial charge >= 0.3 is 0 Å². The summed E-state index contributed by atoms with van der Waals surface area (Å²) in [6, 6.07) is 5.28. The Bertz CT molecular complexity index is 592. The highest BCUT2D eigenvalue weighted by atomic mass is 32.2. The largest absolute Gasteiger partial charge is 0.370 e. The Morgan fingerprint density at radius 1 is 1.35 bits per heavy atom. The SMILES string of the molecule is CC(C)(C)NC(N)=NCCS(=O)(=O)c1ccccc1F. The first-order valence-corrected chi connectivity index (χ1v) is 7.82. The summed E-state index contributed by atoms with van der Waals surface area (Å²) in [5.41, 5.74) is 5.38. The fourth-order valence-corrected chi connectivity index (χ4v) is 2.72. The zero-order valence-corrected chi connectivity index (χ0v) is 12.7. The third-order valence-corrected chi connectivity index (χ3v) is 4.04. The topological polar surface area (TPSA) is 84.5 Å². The van der Waals surface area contributed by atoms with Gasteiger partial charge in [-0.05, 0) is 32.9 Å². The maximum atomic E-state index is 13.4. The zero-order valence-electron chi connectivity index (χ0n) is 11.9. The highest BCUT2D eigenvalue weighted by Crippen LogP contribution is 2.14. The third kappa shape index (κ3) is 5.16. The molecule has 0 atom stereocenters. The fraction of sp³-hybridized carbons (Fsp3) is 0.462. The molecule has 112 valence electrons. The Morgan fingerprint density at radius 2 is 1.95 bits per heavy atom. The van der Waals surface area contributed by atoms with Crippen LogP contribution in [0.25, 0.3) is 0 Å². The van der Waals surface area contributed by atoms with Crippen LogP contribution in [-0.4, -0.2) is 32.2 Å². The van der Waals surface area contributed by atoms with E-state index in [1.165, 1.54) is 18.2 Å². The van der Waals surface area contributed by atoms with Gasteiger partial charge in [0, 0.05) is 5.54 Å². The first-order chi connectivity index (χ1) is 9.12. The summed E-state index contributed by atoms with van der Waals surface area (Å²) in [6.07, 6.45) is 0. The van der Waals surface area contributed by atoms with E-state index in [-0.39, 0.29) is 28.7 Å². The van der Waals surface area contributed by atoms with Crippen molar-refractivity contribution in [2.24, 2.45) is 10.7 Å². The first kappa shape index (κ1) is 16.4. The van der Waals surface area contributed by atoms with E-state index in [2.05, 4.69) is 10.3 Å². The van der Waals surface area contributed by atoms with Gasteiger partial charge in [-0.3, -0.25) is 4.99 Å². The van der Waals surface area contributed by atoms with Crippen molar-refractivity contribution >= 4 is 15.8 Å². The summed E-state index contributed by atoms with van der Waals surface area (Å²) in [7, 11) is -3.70. The normalized spacial score (nSPS) is 13.3. The number of hydrogen-bond acceptors (Lipinski definition) is 3. The highest BCUT2D eigenvalue weighted by Gasteiger charge is 2.18. The molecule has 1 rings (SSSR count). The van der Waals surface area contributed by atoms with Crippen LogP contribution in [0.1, 0.15) is 20.8 Å². The van der Waals surface area contributed by atoms with Gasteiger partial charge in [-0.25, -0.2) is 12.8 Å². The standard InChI is InChI=1S/C13H20FN3O2S/c1-13(2,3)17-12(15)16-8-9-20(18,19)11-7-5-4-6-10(11)14/h4-7H,8-9H2,1-3H3,(H3,15,16,17). The average molecular weight is 301 g/mol. The van der Waals surface area contributed by atoms with Gasteiger partial charge in [-0.15, -0.1) is 0 Å². The molecule has 20 heavy (non-hydrogen) atoms. The Kier molecular flexibility index (Phi) is 5.10. The van der Waals surface area contributed by atoms with Gasteiger partial charge in [0.25, 0.3) is 0 Å². The lowest BCUT2D eigenvalue weighted by Gasteiger charge is -2.20. The number of rotatable bonds is 4. The van der Waals surface area contributed by atoms with E-state index in [0.29, 0.717) is 0 Å². The molecule has 0 amide bonds. The monoisotopic (exact) mass is 301 g/mol. The molecule has 1 aromatic rings. The van der Waals surface area contributed by atoms with E-state index in [1.807, 2.05) is 20.8 Å². The molecule has 0 bridgehead atoms. The molecule has 0 aliphatic heterocycles. The maximum Gasteiger partial charge on any atom is 0.189 e. The molecule has 1 aromatic carbocycles. The Morgan fingerprint density at radius 3 is 2.50 bits per heavy atom. The summed E-state index contributed by atoms with van der Waals surface area (Å²) in [5.74, 6) is -0.876. The van der Waals surface area contributed by atoms with Gasteiger partial charge in [0.2, 0.25) is 0 Å². The van der Waals surface area contributed by atoms with Crippen LogP contribution in [0.5, 0.6) is 0 Å². The molecular formula is C13H20FN3O2S. The minimum Gasteiger partial charge on any atom is -0.370 e. The number of aliphatic imine (C=N–C) groups is 1. The molecular weight excluding hydrogens is 281 g/mol. The lowest BCUT2D eigenvalue weighted by molar-refractivity contribution is 0.508. The van der Waals surface area contributed by atoms with Crippen LogP contribution in [-0.2, 0) is 9.84 Å². The quantitative estimate of drug-likeness (QED) is 0.648. The van der Waals surface area contributed by atoms with Crippen LogP contribution in [0.3, 0.4) is 0 Å². The van der Waals surface area contributed by atoms with Gasteiger partial charge in [0.1, 0.15) is 10.7 Å². The molecule has 0 heterocycles. The maximum absolute atomic E-state index is 13.4. The van der Waals surface area contributed by atoms with Crippen LogP contribution < -0.4 is 11.1 Å². The summed E-state index contributed by atoms with van der Waals surface area (Å²) in [5, 5.41) is 2.92. The molecule has 0 saturated heterocycles. The molecule has 0 spiro atoms. The number of nitrogens with one attached hydrogen (secondary N) is 1. The highest BCUT2D eigenvalue weighted by molar-refractivity contribution is 7.91. The predicted octanol–water partition coefficient (Wildman–Crippen LogP) is 1.30. The number of nitrogens with zero attached hydrogens (tertiary/aromatic N) is 1. The molecule has 0 aliphatic rings. The van der Waals surface area contributed by atoms with Crippen LogP contribution in [0.4, 0.5) is 4.39 Å². The number of hydrogen-bond donors (Lipinski definition) is 2. The van der Waals surface area contributed by atoms with Crippen molar-refractivity contribution < 1.29 is 12.8 Å². The van der Waals surface area contributed by atoms with Crippen LogP contribution in [0.2, 0.25) is 0 Å². The molecule has 0 radical (unpaired) electrons. The summed E-state index contributed by atoms with van der Waals surface area (Å²) in [6.45, 7) is 5.70. The Labute approximate surface area is 119 Å². The van der Waals surface area contributed by atoms with Gasteiger partial charge in [0.05, 0.1) is 12.3 Å². The lowest BCUT2D eigenvalue weighted by Crippen LogP contribution is -2.45. The summed E-state index contributed by atoms with van der Waals surface area (Å²) in [4.78, 5) is 3.62. The Hall–Kier alpha value is -1.63. The van der Waals surface area contributed by atoms with E-state index in [4.69, 9.17) is 5.73 Å². The van der Waals surface area contributed by atoms with Crippen molar-refractivity contribution in [2.75, 3.05) is 12.3 Å². The van der Waals surface area contributed by atoms with Crippen LogP contribution in [0, 0.1) is 5.82 Å². The molecule has 0 unspecified atom stereocenters. The summed E-state index contributed by atoms with van der Waals surface area (Å²) >= 11 is 0. The van der Waals surface area contributed by atoms with Crippen molar-refractivity contribution in [3.05, 3.63) is 30.1 Å². The second kappa shape index (κ2) is 6.21. The predicted molar refractivity (Wildman–Crippen MR) is 77.8 cm³/mol. The van der Waals surface area contributed by atoms with Crippen molar-refractivity contribution in [1.82, 2.24) is 5.32 Å². The molecule has 7 heteroatoms. The van der Waals surface area contributed by atoms with Gasteiger partial charge < -0.3 is 11.1 Å². The second-order valence-corrected chi connectivity index (χ2v) is 7.47. The molecule has 0 aromatic heterocycles. The van der Waals surface area contributed by atoms with Crippen LogP contribution >= 0.6 is 0 Å². The fourth-order valence-electron chi connectivity index (χ4n) is 1.52. The molecule has 5 nitrogen and oxygen atoms in total. The number of halogens is 1. The van der Waals surface area contributed by atoms with Crippen molar-refractivity contribution in [3.8, 4) is 0 Å². The van der Waals surface area contributed by atoms with Crippen molar-refractivity contribution in [1.29, 1.82) is 0 Å². The molecule has 0 fully saturated rings. The first-order valence-electron chi connectivity index (χ1n) is 6.17. The Balaban J connectivity index is 2.70. The van der Waals surface area contributed by atoms with E-state index >= 15 is 0 Å². The smallest absolute Gasteiger partial charge is 0.189 e. The number of guanidine groups is 1. The minimum absolute atomic E-state index is 0.0222. The van der Waals surface area contributed by atoms with Crippen molar-refractivity contribution in [2.45, 2.75) is 31.2 Å². The second-order valence-electron chi connectivity index (χ2n) is 5.39. The van der Waals surface area contributed by atoms with E-state index in [1.54, 1.807) is 0 Å². The number of sulfone groups is 1. The number of nitrogens with two attached hydrogens (primary N) is 1. The third-order valence-electron chi connectivity index (χ3n) is 2.32. The van der Waals surface area contributed by atoms with E-state index in [9.17, 15) is 12.8 Å². The van der Waals surface area contributed by atoms with Gasteiger partial charge in [-0.1, -0.05) is 12.1 Å². The van der Waals surface area contributed by atoms with E-state index in [0.717, 1.165) is 6.07 Å². The average Bonchev–Trinajstić information content (AvgIpc) is 2.26. The minimum atomic E-state index is -3.70.